The molecule has 1 unspecified atom stereocenters. The number of rotatable bonds is 4. The second kappa shape index (κ2) is 11.2. The zero-order valence-electron chi connectivity index (χ0n) is 16.0. The molecule has 1 aromatic rings. The monoisotopic (exact) mass is 388 g/mol. The maximum atomic E-state index is 12.4. The van der Waals surface area contributed by atoms with Gasteiger partial charge in [0.2, 0.25) is 5.91 Å². The molecule has 152 valence electrons. The van der Waals surface area contributed by atoms with Crippen molar-refractivity contribution in [3.05, 3.63) is 48.0 Å². The van der Waals surface area contributed by atoms with Gasteiger partial charge in [0.15, 0.2) is 0 Å². The quantitative estimate of drug-likeness (QED) is 0.604. The molecule has 28 heavy (non-hydrogen) atoms. The smallest absolute Gasteiger partial charge is 0.414 e. The topological polar surface area (TPSA) is 98.2 Å². The number of benzene rings is 1. The number of hydrogen-bond donors (Lipinski definition) is 2. The van der Waals surface area contributed by atoms with Gasteiger partial charge < -0.3 is 15.1 Å². The van der Waals surface area contributed by atoms with Gasteiger partial charge in [0.1, 0.15) is 0 Å². The van der Waals surface area contributed by atoms with E-state index in [0.717, 1.165) is 37.7 Å². The second-order valence-corrected chi connectivity index (χ2v) is 7.10. The zero-order chi connectivity index (χ0) is 20.4. The van der Waals surface area contributed by atoms with Crippen molar-refractivity contribution in [3.8, 4) is 0 Å². The van der Waals surface area contributed by atoms with Gasteiger partial charge in [-0.2, -0.15) is 0 Å². The lowest BCUT2D eigenvalue weighted by Gasteiger charge is -2.36. The van der Waals surface area contributed by atoms with Crippen molar-refractivity contribution in [3.63, 3.8) is 0 Å². The van der Waals surface area contributed by atoms with E-state index < -0.39 is 11.9 Å². The number of amides is 1. The van der Waals surface area contributed by atoms with Crippen molar-refractivity contribution >= 4 is 17.8 Å². The highest BCUT2D eigenvalue weighted by atomic mass is 16.4. The fourth-order valence-electron chi connectivity index (χ4n) is 3.45. The maximum Gasteiger partial charge on any atom is 0.414 e. The highest BCUT2D eigenvalue weighted by Crippen LogP contribution is 2.20. The molecule has 0 aromatic heterocycles. The first-order valence-electron chi connectivity index (χ1n) is 9.61. The number of carboxylic acid groups (broad SMARTS) is 2. The number of hydrogen-bond acceptors (Lipinski definition) is 4. The van der Waals surface area contributed by atoms with Gasteiger partial charge in [0.25, 0.3) is 0 Å². The normalized spacial score (nSPS) is 19.4. The third-order valence-electron chi connectivity index (χ3n) is 5.00. The molecule has 7 heteroatoms. The van der Waals surface area contributed by atoms with Crippen LogP contribution in [0.2, 0.25) is 0 Å². The Hall–Kier alpha value is -2.67. The van der Waals surface area contributed by atoms with Crippen LogP contribution in [0.15, 0.2) is 42.5 Å². The standard InChI is InChI=1S/C19H26N2O.C2H2O4/c22-19(15-17-7-3-1-4-8-17)21-13-11-20(12-14-21)16-18-9-5-2-6-10-18;3-1(4)2(5)6/h1-5,7-8,18H,6,9-16H2;(H,3,4)(H,5,6). The molecule has 0 saturated carbocycles. The van der Waals surface area contributed by atoms with Crippen LogP contribution in [0, 0.1) is 5.92 Å². The van der Waals surface area contributed by atoms with Crippen LogP contribution in [0.5, 0.6) is 0 Å². The molecular weight excluding hydrogens is 360 g/mol. The SMILES string of the molecule is O=C(Cc1ccccc1)N1CCN(CC2CC=CCC2)CC1.O=C(O)C(=O)O. The Morgan fingerprint density at radius 3 is 2.11 bits per heavy atom. The summed E-state index contributed by atoms with van der Waals surface area (Å²) < 4.78 is 0. The van der Waals surface area contributed by atoms with E-state index in [1.54, 1.807) is 0 Å². The van der Waals surface area contributed by atoms with E-state index in [0.29, 0.717) is 6.42 Å². The van der Waals surface area contributed by atoms with E-state index in [4.69, 9.17) is 19.8 Å². The Bertz CT molecular complexity index is 669. The number of nitrogens with zero attached hydrogens (tertiary/aromatic N) is 2. The summed E-state index contributed by atoms with van der Waals surface area (Å²) in [7, 11) is 0. The predicted molar refractivity (Wildman–Crippen MR) is 105 cm³/mol. The van der Waals surface area contributed by atoms with Crippen molar-refractivity contribution < 1.29 is 24.6 Å². The first-order valence-corrected chi connectivity index (χ1v) is 9.61. The molecule has 1 aliphatic carbocycles. The third-order valence-corrected chi connectivity index (χ3v) is 5.00. The van der Waals surface area contributed by atoms with Gasteiger partial charge in [-0.1, -0.05) is 42.5 Å². The molecule has 0 spiro atoms. The highest BCUT2D eigenvalue weighted by molar-refractivity contribution is 6.27. The minimum absolute atomic E-state index is 0.270. The van der Waals surface area contributed by atoms with Gasteiger partial charge in [-0.25, -0.2) is 9.59 Å². The lowest BCUT2D eigenvalue weighted by atomic mass is 9.94. The molecule has 0 radical (unpaired) electrons. The van der Waals surface area contributed by atoms with Gasteiger partial charge in [0, 0.05) is 32.7 Å². The van der Waals surface area contributed by atoms with Crippen molar-refractivity contribution in [1.29, 1.82) is 0 Å². The van der Waals surface area contributed by atoms with Gasteiger partial charge in [-0.3, -0.25) is 9.69 Å². The fraction of sp³-hybridized carbons (Fsp3) is 0.476. The molecule has 1 fully saturated rings. The largest absolute Gasteiger partial charge is 0.473 e. The number of allylic oxidation sites excluding steroid dienone is 2. The molecule has 2 N–H and O–H groups in total. The van der Waals surface area contributed by atoms with Crippen LogP contribution in [0.1, 0.15) is 24.8 Å². The summed E-state index contributed by atoms with van der Waals surface area (Å²) in [5, 5.41) is 14.8. The number of carbonyl (C=O) groups excluding carboxylic acids is 1. The first kappa shape index (κ1) is 21.6. The van der Waals surface area contributed by atoms with Crippen LogP contribution in [0.4, 0.5) is 0 Å². The number of aliphatic carboxylic acids is 2. The molecule has 2 aliphatic rings. The fourth-order valence-corrected chi connectivity index (χ4v) is 3.45. The van der Waals surface area contributed by atoms with Crippen molar-refractivity contribution in [2.45, 2.75) is 25.7 Å². The van der Waals surface area contributed by atoms with Crippen LogP contribution in [0.3, 0.4) is 0 Å². The molecule has 1 atom stereocenters. The van der Waals surface area contributed by atoms with E-state index in [1.807, 2.05) is 35.2 Å². The Kier molecular flexibility index (Phi) is 8.68. The highest BCUT2D eigenvalue weighted by Gasteiger charge is 2.23. The minimum Gasteiger partial charge on any atom is -0.473 e. The molecule has 1 saturated heterocycles. The molecular formula is C21H28N2O5. The lowest BCUT2D eigenvalue weighted by molar-refractivity contribution is -0.159. The van der Waals surface area contributed by atoms with Crippen LogP contribution >= 0.6 is 0 Å². The van der Waals surface area contributed by atoms with E-state index in [-0.39, 0.29) is 5.91 Å². The zero-order valence-corrected chi connectivity index (χ0v) is 16.0. The molecule has 1 amide bonds. The van der Waals surface area contributed by atoms with Crippen LogP contribution in [-0.2, 0) is 20.8 Å². The van der Waals surface area contributed by atoms with Crippen LogP contribution < -0.4 is 0 Å². The van der Waals surface area contributed by atoms with Gasteiger partial charge in [-0.05, 0) is 30.7 Å². The summed E-state index contributed by atoms with van der Waals surface area (Å²) in [6.07, 6.45) is 8.95. The Morgan fingerprint density at radius 2 is 1.57 bits per heavy atom. The number of carbonyl (C=O) groups is 3. The van der Waals surface area contributed by atoms with Crippen LogP contribution in [0.25, 0.3) is 0 Å². The lowest BCUT2D eigenvalue weighted by Crippen LogP contribution is -2.50. The molecule has 7 nitrogen and oxygen atoms in total. The van der Waals surface area contributed by atoms with Crippen molar-refractivity contribution in [2.24, 2.45) is 5.92 Å². The van der Waals surface area contributed by atoms with Gasteiger partial charge >= 0.3 is 11.9 Å². The Labute approximate surface area is 165 Å². The summed E-state index contributed by atoms with van der Waals surface area (Å²) in [5.74, 6) is -2.56. The first-order chi connectivity index (χ1) is 13.5. The average Bonchev–Trinajstić information content (AvgIpc) is 2.70. The maximum absolute atomic E-state index is 12.4. The summed E-state index contributed by atoms with van der Waals surface area (Å²) in [6.45, 7) is 5.02. The van der Waals surface area contributed by atoms with E-state index in [9.17, 15) is 4.79 Å². The predicted octanol–water partition coefficient (Wildman–Crippen LogP) is 1.89. The molecule has 0 bridgehead atoms. The van der Waals surface area contributed by atoms with E-state index >= 15 is 0 Å². The molecule has 1 aromatic carbocycles. The van der Waals surface area contributed by atoms with E-state index in [2.05, 4.69) is 17.1 Å². The number of carboxylic acids is 2. The number of piperazine rings is 1. The summed E-state index contributed by atoms with van der Waals surface area (Å²) in [4.78, 5) is 35.1. The van der Waals surface area contributed by atoms with Crippen molar-refractivity contribution in [1.82, 2.24) is 9.80 Å². The second-order valence-electron chi connectivity index (χ2n) is 7.10. The van der Waals surface area contributed by atoms with Crippen molar-refractivity contribution in [2.75, 3.05) is 32.7 Å². The van der Waals surface area contributed by atoms with E-state index in [1.165, 1.54) is 25.8 Å². The van der Waals surface area contributed by atoms with Crippen LogP contribution in [-0.4, -0.2) is 70.6 Å². The molecule has 1 aliphatic heterocycles. The van der Waals surface area contributed by atoms with Gasteiger partial charge in [-0.15, -0.1) is 0 Å². The summed E-state index contributed by atoms with van der Waals surface area (Å²) in [5.41, 5.74) is 1.11. The molecule has 1 heterocycles. The molecule has 3 rings (SSSR count). The average molecular weight is 388 g/mol. The Morgan fingerprint density at radius 1 is 0.929 bits per heavy atom. The summed E-state index contributed by atoms with van der Waals surface area (Å²) in [6, 6.07) is 10.1. The summed E-state index contributed by atoms with van der Waals surface area (Å²) >= 11 is 0. The van der Waals surface area contributed by atoms with Gasteiger partial charge in [0.05, 0.1) is 6.42 Å². The third kappa shape index (κ3) is 7.52. The minimum atomic E-state index is -1.82. The Balaban J connectivity index is 0.000000409.